The number of halogens is 1. The fourth-order valence-corrected chi connectivity index (χ4v) is 2.91. The Kier molecular flexibility index (Phi) is 6.78. The number of carbonyl (C=O) groups is 1. The predicted octanol–water partition coefficient (Wildman–Crippen LogP) is 3.63. The Hall–Kier alpha value is -2.71. The maximum atomic E-state index is 13.0. The van der Waals surface area contributed by atoms with Crippen molar-refractivity contribution in [3.63, 3.8) is 0 Å². The van der Waals surface area contributed by atoms with Crippen LogP contribution in [-0.2, 0) is 6.54 Å². The summed E-state index contributed by atoms with van der Waals surface area (Å²) in [6, 6.07) is 13.2. The molecular formula is C20H23BrN6O. The van der Waals surface area contributed by atoms with E-state index < -0.39 is 0 Å². The van der Waals surface area contributed by atoms with Gasteiger partial charge < -0.3 is 15.1 Å². The minimum Gasteiger partial charge on any atom is -0.319 e. The van der Waals surface area contributed by atoms with Gasteiger partial charge >= 0.3 is 6.03 Å². The predicted molar refractivity (Wildman–Crippen MR) is 113 cm³/mol. The molecule has 2 amide bonds. The second-order valence-electron chi connectivity index (χ2n) is 6.61. The normalized spacial score (nSPS) is 10.9. The zero-order chi connectivity index (χ0) is 19.9. The molecule has 0 bridgehead atoms. The van der Waals surface area contributed by atoms with Crippen molar-refractivity contribution in [1.29, 1.82) is 0 Å². The molecule has 0 atom stereocenters. The SMILES string of the molecule is CN(C)CCN(Cc1ccc(Br)cc1)C(=O)Nc1cccnc1-n1cccn1. The molecule has 0 saturated carbocycles. The Morgan fingerprint density at radius 2 is 1.89 bits per heavy atom. The standard InChI is InChI=1S/C20H23BrN6O/c1-25(2)13-14-26(15-16-6-8-17(21)9-7-16)20(28)24-18-5-3-10-22-19(18)27-12-4-11-23-27/h3-12H,13-15H2,1-2H3,(H,24,28). The molecule has 0 spiro atoms. The average molecular weight is 443 g/mol. The number of likely N-dealkylation sites (N-methyl/N-ethyl adjacent to an activating group) is 1. The van der Waals surface area contributed by atoms with Gasteiger partial charge in [-0.3, -0.25) is 0 Å². The molecule has 1 N–H and O–H groups in total. The molecule has 2 heterocycles. The molecule has 8 heteroatoms. The first-order chi connectivity index (χ1) is 13.5. The minimum atomic E-state index is -0.175. The summed E-state index contributed by atoms with van der Waals surface area (Å²) < 4.78 is 2.65. The van der Waals surface area contributed by atoms with Crippen LogP contribution in [0.2, 0.25) is 0 Å². The Bertz CT molecular complexity index is 895. The molecule has 3 rings (SSSR count). The van der Waals surface area contributed by atoms with Crippen molar-refractivity contribution in [2.75, 3.05) is 32.5 Å². The fourth-order valence-electron chi connectivity index (χ4n) is 2.65. The smallest absolute Gasteiger partial charge is 0.319 e. The Morgan fingerprint density at radius 1 is 1.11 bits per heavy atom. The quantitative estimate of drug-likeness (QED) is 0.606. The van der Waals surface area contributed by atoms with Gasteiger partial charge in [-0.15, -0.1) is 0 Å². The number of aromatic nitrogens is 3. The third kappa shape index (κ3) is 5.40. The van der Waals surface area contributed by atoms with Gasteiger partial charge in [-0.2, -0.15) is 5.10 Å². The van der Waals surface area contributed by atoms with Crippen LogP contribution in [0.5, 0.6) is 0 Å². The molecule has 0 saturated heterocycles. The molecule has 7 nitrogen and oxygen atoms in total. The van der Waals surface area contributed by atoms with Crippen LogP contribution in [0.4, 0.5) is 10.5 Å². The van der Waals surface area contributed by atoms with E-state index in [9.17, 15) is 4.79 Å². The lowest BCUT2D eigenvalue weighted by Gasteiger charge is -2.25. The Labute approximate surface area is 173 Å². The molecule has 2 aromatic heterocycles. The van der Waals surface area contributed by atoms with Gasteiger partial charge in [-0.25, -0.2) is 14.5 Å². The van der Waals surface area contributed by atoms with Crippen LogP contribution in [0.15, 0.2) is 65.5 Å². The van der Waals surface area contributed by atoms with E-state index in [4.69, 9.17) is 0 Å². The summed E-state index contributed by atoms with van der Waals surface area (Å²) in [6.07, 6.45) is 5.15. The van der Waals surface area contributed by atoms with Crippen LogP contribution in [0.25, 0.3) is 5.82 Å². The van der Waals surface area contributed by atoms with Crippen molar-refractivity contribution < 1.29 is 4.79 Å². The number of carbonyl (C=O) groups excluding carboxylic acids is 1. The van der Waals surface area contributed by atoms with E-state index in [2.05, 4.69) is 36.2 Å². The summed E-state index contributed by atoms with van der Waals surface area (Å²) in [6.45, 7) is 1.89. The zero-order valence-corrected chi connectivity index (χ0v) is 17.5. The number of nitrogens with one attached hydrogen (secondary N) is 1. The first kappa shape index (κ1) is 20.0. The van der Waals surface area contributed by atoms with Crippen LogP contribution >= 0.6 is 15.9 Å². The van der Waals surface area contributed by atoms with Gasteiger partial charge in [0.25, 0.3) is 0 Å². The van der Waals surface area contributed by atoms with Crippen LogP contribution in [-0.4, -0.2) is 57.8 Å². The number of hydrogen-bond donors (Lipinski definition) is 1. The summed E-state index contributed by atoms with van der Waals surface area (Å²) in [5, 5.41) is 7.20. The van der Waals surface area contributed by atoms with E-state index >= 15 is 0 Å². The number of urea groups is 1. The summed E-state index contributed by atoms with van der Waals surface area (Å²) >= 11 is 3.45. The Balaban J connectivity index is 1.78. The van der Waals surface area contributed by atoms with Crippen molar-refractivity contribution in [3.05, 3.63) is 71.1 Å². The number of rotatable bonds is 7. The molecule has 3 aromatic rings. The van der Waals surface area contributed by atoms with Gasteiger partial charge in [-0.1, -0.05) is 28.1 Å². The molecule has 0 aliphatic rings. The summed E-state index contributed by atoms with van der Waals surface area (Å²) in [5.41, 5.74) is 1.68. The second kappa shape index (κ2) is 9.48. The van der Waals surface area contributed by atoms with Crippen LogP contribution < -0.4 is 5.32 Å². The molecule has 1 aromatic carbocycles. The molecule has 146 valence electrons. The highest BCUT2D eigenvalue weighted by molar-refractivity contribution is 9.10. The lowest BCUT2D eigenvalue weighted by Crippen LogP contribution is -2.39. The molecule has 28 heavy (non-hydrogen) atoms. The highest BCUT2D eigenvalue weighted by Gasteiger charge is 2.17. The van der Waals surface area contributed by atoms with Gasteiger partial charge in [0.1, 0.15) is 0 Å². The van der Waals surface area contributed by atoms with Crippen molar-refractivity contribution in [2.24, 2.45) is 0 Å². The number of hydrogen-bond acceptors (Lipinski definition) is 4. The number of benzene rings is 1. The van der Waals surface area contributed by atoms with Gasteiger partial charge in [0.2, 0.25) is 0 Å². The molecule has 0 fully saturated rings. The average Bonchev–Trinajstić information content (AvgIpc) is 3.21. The molecule has 0 aliphatic heterocycles. The van der Waals surface area contributed by atoms with E-state index in [0.717, 1.165) is 16.6 Å². The third-order valence-electron chi connectivity index (χ3n) is 4.14. The maximum absolute atomic E-state index is 13.0. The summed E-state index contributed by atoms with van der Waals surface area (Å²) in [4.78, 5) is 21.3. The number of amides is 2. The van der Waals surface area contributed by atoms with E-state index in [1.165, 1.54) is 0 Å². The van der Waals surface area contributed by atoms with E-state index in [1.54, 1.807) is 34.2 Å². The van der Waals surface area contributed by atoms with E-state index in [0.29, 0.717) is 24.6 Å². The van der Waals surface area contributed by atoms with Gasteiger partial charge in [-0.05, 0) is 50.0 Å². The van der Waals surface area contributed by atoms with Crippen LogP contribution in [0.1, 0.15) is 5.56 Å². The number of pyridine rings is 1. The minimum absolute atomic E-state index is 0.175. The molecule has 0 aliphatic carbocycles. The lowest BCUT2D eigenvalue weighted by atomic mass is 10.2. The van der Waals surface area contributed by atoms with Crippen molar-refractivity contribution >= 4 is 27.6 Å². The highest BCUT2D eigenvalue weighted by Crippen LogP contribution is 2.18. The first-order valence-corrected chi connectivity index (χ1v) is 9.72. The fraction of sp³-hybridized carbons (Fsp3) is 0.250. The Morgan fingerprint density at radius 3 is 2.57 bits per heavy atom. The number of anilines is 1. The largest absolute Gasteiger partial charge is 0.322 e. The van der Waals surface area contributed by atoms with Gasteiger partial charge in [0.05, 0.1) is 5.69 Å². The molecule has 0 radical (unpaired) electrons. The van der Waals surface area contributed by atoms with E-state index in [-0.39, 0.29) is 6.03 Å². The zero-order valence-electron chi connectivity index (χ0n) is 15.9. The van der Waals surface area contributed by atoms with Crippen molar-refractivity contribution in [1.82, 2.24) is 24.6 Å². The third-order valence-corrected chi connectivity index (χ3v) is 4.67. The second-order valence-corrected chi connectivity index (χ2v) is 7.52. The van der Waals surface area contributed by atoms with Crippen LogP contribution in [0.3, 0.4) is 0 Å². The highest BCUT2D eigenvalue weighted by atomic mass is 79.9. The van der Waals surface area contributed by atoms with Crippen LogP contribution in [0, 0.1) is 0 Å². The number of nitrogens with zero attached hydrogens (tertiary/aromatic N) is 5. The summed E-state index contributed by atoms with van der Waals surface area (Å²) in [7, 11) is 3.99. The molecular weight excluding hydrogens is 420 g/mol. The maximum Gasteiger partial charge on any atom is 0.322 e. The van der Waals surface area contributed by atoms with Crippen molar-refractivity contribution in [2.45, 2.75) is 6.54 Å². The summed E-state index contributed by atoms with van der Waals surface area (Å²) in [5.74, 6) is 0.581. The monoisotopic (exact) mass is 442 g/mol. The molecule has 0 unspecified atom stereocenters. The van der Waals surface area contributed by atoms with Gasteiger partial charge in [0.15, 0.2) is 5.82 Å². The van der Waals surface area contributed by atoms with Crippen molar-refractivity contribution in [3.8, 4) is 5.82 Å². The van der Waals surface area contributed by atoms with Gasteiger partial charge in [0, 0.05) is 42.7 Å². The lowest BCUT2D eigenvalue weighted by molar-refractivity contribution is 0.202. The first-order valence-electron chi connectivity index (χ1n) is 8.93. The van der Waals surface area contributed by atoms with E-state index in [1.807, 2.05) is 50.5 Å². The topological polar surface area (TPSA) is 66.3 Å².